The molecule has 1 heterocycles. The summed E-state index contributed by atoms with van der Waals surface area (Å²) in [5, 5.41) is 3.54. The summed E-state index contributed by atoms with van der Waals surface area (Å²) in [5.41, 5.74) is 2.59. The van der Waals surface area contributed by atoms with Gasteiger partial charge in [0.25, 0.3) is 0 Å². The average Bonchev–Trinajstić information content (AvgIpc) is 2.43. The maximum absolute atomic E-state index is 5.81. The molecule has 0 spiro atoms. The van der Waals surface area contributed by atoms with Crippen LogP contribution in [0.4, 0.5) is 5.69 Å². The number of nitrogens with zero attached hydrogens (tertiary/aromatic N) is 1. The number of morpholine rings is 1. The van der Waals surface area contributed by atoms with Crippen molar-refractivity contribution in [3.05, 3.63) is 28.2 Å². The van der Waals surface area contributed by atoms with Gasteiger partial charge in [0.05, 0.1) is 12.2 Å². The van der Waals surface area contributed by atoms with Gasteiger partial charge in [0, 0.05) is 29.3 Å². The molecule has 0 saturated carbocycles. The average molecular weight is 355 g/mol. The SMILES string of the molecule is CCCNC(C)c1ccc(N2C[C@@H](C)O[C@@H](C)C2)cc1Br. The van der Waals surface area contributed by atoms with Gasteiger partial charge in [-0.1, -0.05) is 28.9 Å². The van der Waals surface area contributed by atoms with Gasteiger partial charge in [-0.3, -0.25) is 0 Å². The summed E-state index contributed by atoms with van der Waals surface area (Å²) in [7, 11) is 0. The number of anilines is 1. The summed E-state index contributed by atoms with van der Waals surface area (Å²) in [6.07, 6.45) is 1.73. The molecule has 3 atom stereocenters. The summed E-state index contributed by atoms with van der Waals surface area (Å²) in [5.74, 6) is 0. The van der Waals surface area contributed by atoms with Gasteiger partial charge < -0.3 is 15.0 Å². The molecule has 118 valence electrons. The largest absolute Gasteiger partial charge is 0.372 e. The molecule has 1 saturated heterocycles. The molecule has 1 N–H and O–H groups in total. The molecule has 1 aromatic carbocycles. The summed E-state index contributed by atoms with van der Waals surface area (Å²) in [4.78, 5) is 2.41. The van der Waals surface area contributed by atoms with Crippen molar-refractivity contribution >= 4 is 21.6 Å². The Morgan fingerprint density at radius 3 is 2.57 bits per heavy atom. The number of ether oxygens (including phenoxy) is 1. The number of halogens is 1. The van der Waals surface area contributed by atoms with Gasteiger partial charge in [-0.15, -0.1) is 0 Å². The van der Waals surface area contributed by atoms with E-state index in [9.17, 15) is 0 Å². The number of rotatable bonds is 5. The van der Waals surface area contributed by atoms with Crippen molar-refractivity contribution in [2.24, 2.45) is 0 Å². The molecule has 0 aliphatic carbocycles. The second-order valence-corrected chi connectivity index (χ2v) is 6.90. The Hall–Kier alpha value is -0.580. The highest BCUT2D eigenvalue weighted by atomic mass is 79.9. The lowest BCUT2D eigenvalue weighted by Gasteiger charge is -2.37. The van der Waals surface area contributed by atoms with E-state index in [1.165, 1.54) is 15.7 Å². The highest BCUT2D eigenvalue weighted by Gasteiger charge is 2.23. The molecule has 1 fully saturated rings. The zero-order valence-electron chi connectivity index (χ0n) is 13.5. The topological polar surface area (TPSA) is 24.5 Å². The van der Waals surface area contributed by atoms with Crippen molar-refractivity contribution in [1.82, 2.24) is 5.32 Å². The third kappa shape index (κ3) is 4.44. The van der Waals surface area contributed by atoms with Crippen LogP contribution in [0.25, 0.3) is 0 Å². The van der Waals surface area contributed by atoms with Crippen LogP contribution in [0.1, 0.15) is 45.7 Å². The van der Waals surface area contributed by atoms with Crippen molar-refractivity contribution in [2.45, 2.75) is 52.4 Å². The Labute approximate surface area is 137 Å². The van der Waals surface area contributed by atoms with Gasteiger partial charge in [0.15, 0.2) is 0 Å². The molecule has 2 rings (SSSR count). The van der Waals surface area contributed by atoms with E-state index >= 15 is 0 Å². The first-order chi connectivity index (χ1) is 10.0. The molecule has 0 radical (unpaired) electrons. The Kier molecular flexibility index (Phi) is 6.08. The van der Waals surface area contributed by atoms with Crippen LogP contribution in [0.3, 0.4) is 0 Å². The fourth-order valence-electron chi connectivity index (χ4n) is 2.92. The first-order valence-corrected chi connectivity index (χ1v) is 8.73. The summed E-state index contributed by atoms with van der Waals surface area (Å²) < 4.78 is 6.99. The van der Waals surface area contributed by atoms with Gasteiger partial charge in [-0.05, 0) is 51.4 Å². The minimum Gasteiger partial charge on any atom is -0.372 e. The van der Waals surface area contributed by atoms with Crippen LogP contribution >= 0.6 is 15.9 Å². The van der Waals surface area contributed by atoms with E-state index in [2.05, 4.69) is 72.0 Å². The Morgan fingerprint density at radius 2 is 2.00 bits per heavy atom. The van der Waals surface area contributed by atoms with Crippen LogP contribution in [0.5, 0.6) is 0 Å². The van der Waals surface area contributed by atoms with Gasteiger partial charge >= 0.3 is 0 Å². The van der Waals surface area contributed by atoms with E-state index in [1.807, 2.05) is 0 Å². The van der Waals surface area contributed by atoms with E-state index in [0.717, 1.165) is 26.1 Å². The van der Waals surface area contributed by atoms with E-state index in [-0.39, 0.29) is 12.2 Å². The normalized spacial score (nSPS) is 24.1. The fourth-order valence-corrected chi connectivity index (χ4v) is 3.63. The van der Waals surface area contributed by atoms with E-state index in [0.29, 0.717) is 6.04 Å². The van der Waals surface area contributed by atoms with Crippen molar-refractivity contribution in [3.63, 3.8) is 0 Å². The molecule has 1 aliphatic heterocycles. The molecule has 4 heteroatoms. The van der Waals surface area contributed by atoms with Gasteiger partial charge in [0.1, 0.15) is 0 Å². The second-order valence-electron chi connectivity index (χ2n) is 6.04. The Morgan fingerprint density at radius 1 is 1.33 bits per heavy atom. The summed E-state index contributed by atoms with van der Waals surface area (Å²) >= 11 is 3.74. The predicted molar refractivity (Wildman–Crippen MR) is 93.1 cm³/mol. The molecule has 21 heavy (non-hydrogen) atoms. The summed E-state index contributed by atoms with van der Waals surface area (Å²) in [6, 6.07) is 7.08. The molecule has 0 bridgehead atoms. The third-order valence-corrected chi connectivity index (χ3v) is 4.62. The van der Waals surface area contributed by atoms with Crippen LogP contribution < -0.4 is 10.2 Å². The quantitative estimate of drug-likeness (QED) is 0.860. The smallest absolute Gasteiger partial charge is 0.0726 e. The van der Waals surface area contributed by atoms with E-state index < -0.39 is 0 Å². The van der Waals surface area contributed by atoms with Gasteiger partial charge in [-0.25, -0.2) is 0 Å². The second kappa shape index (κ2) is 7.61. The maximum Gasteiger partial charge on any atom is 0.0726 e. The number of benzene rings is 1. The molecular formula is C17H27BrN2O. The Bertz CT molecular complexity index is 456. The Balaban J connectivity index is 2.11. The number of hydrogen-bond donors (Lipinski definition) is 1. The first-order valence-electron chi connectivity index (χ1n) is 7.94. The molecule has 1 aromatic rings. The van der Waals surface area contributed by atoms with E-state index in [4.69, 9.17) is 4.74 Å². The van der Waals surface area contributed by atoms with Crippen LogP contribution in [-0.4, -0.2) is 31.8 Å². The third-order valence-electron chi connectivity index (χ3n) is 3.94. The van der Waals surface area contributed by atoms with Crippen molar-refractivity contribution in [2.75, 3.05) is 24.5 Å². The lowest BCUT2D eigenvalue weighted by Crippen LogP contribution is -2.45. The molecule has 1 unspecified atom stereocenters. The monoisotopic (exact) mass is 354 g/mol. The van der Waals surface area contributed by atoms with Gasteiger partial charge in [-0.2, -0.15) is 0 Å². The van der Waals surface area contributed by atoms with Crippen LogP contribution in [0, 0.1) is 0 Å². The molecular weight excluding hydrogens is 328 g/mol. The maximum atomic E-state index is 5.81. The fraction of sp³-hybridized carbons (Fsp3) is 0.647. The van der Waals surface area contributed by atoms with Crippen LogP contribution in [0.15, 0.2) is 22.7 Å². The van der Waals surface area contributed by atoms with Crippen LogP contribution in [-0.2, 0) is 4.74 Å². The number of nitrogens with one attached hydrogen (secondary N) is 1. The summed E-state index contributed by atoms with van der Waals surface area (Å²) in [6.45, 7) is 11.7. The standard InChI is InChI=1S/C17H27BrN2O/c1-5-8-19-14(4)16-7-6-15(9-17(16)18)20-10-12(2)21-13(3)11-20/h6-7,9,12-14,19H,5,8,10-11H2,1-4H3/t12-,13+,14?. The molecule has 3 nitrogen and oxygen atoms in total. The zero-order chi connectivity index (χ0) is 15.4. The van der Waals surface area contributed by atoms with E-state index in [1.54, 1.807) is 0 Å². The first kappa shape index (κ1) is 16.8. The predicted octanol–water partition coefficient (Wildman–Crippen LogP) is 4.12. The molecule has 1 aliphatic rings. The lowest BCUT2D eigenvalue weighted by atomic mass is 10.1. The lowest BCUT2D eigenvalue weighted by molar-refractivity contribution is -0.00522. The van der Waals surface area contributed by atoms with Crippen molar-refractivity contribution in [3.8, 4) is 0 Å². The highest BCUT2D eigenvalue weighted by molar-refractivity contribution is 9.10. The van der Waals surface area contributed by atoms with Crippen molar-refractivity contribution in [1.29, 1.82) is 0 Å². The highest BCUT2D eigenvalue weighted by Crippen LogP contribution is 2.29. The molecule has 0 aromatic heterocycles. The zero-order valence-corrected chi connectivity index (χ0v) is 15.1. The molecule has 0 amide bonds. The van der Waals surface area contributed by atoms with Gasteiger partial charge in [0.2, 0.25) is 0 Å². The van der Waals surface area contributed by atoms with Crippen LogP contribution in [0.2, 0.25) is 0 Å². The van der Waals surface area contributed by atoms with Crippen molar-refractivity contribution < 1.29 is 4.74 Å². The number of hydrogen-bond acceptors (Lipinski definition) is 3. The minimum absolute atomic E-state index is 0.289. The minimum atomic E-state index is 0.289.